The lowest BCUT2D eigenvalue weighted by Gasteiger charge is -2.31. The van der Waals surface area contributed by atoms with E-state index < -0.39 is 17.4 Å². The molecule has 0 aliphatic heterocycles. The highest BCUT2D eigenvalue weighted by molar-refractivity contribution is 5.91. The molecule has 1 amide bonds. The minimum atomic E-state index is -1.18. The zero-order chi connectivity index (χ0) is 24.7. The van der Waals surface area contributed by atoms with E-state index in [1.165, 1.54) is 30.6 Å². The highest BCUT2D eigenvalue weighted by Gasteiger charge is 2.32. The second kappa shape index (κ2) is 8.68. The van der Waals surface area contributed by atoms with Gasteiger partial charge in [-0.1, -0.05) is 12.1 Å². The molecular weight excluding hydrogens is 454 g/mol. The lowest BCUT2D eigenvalue weighted by atomic mass is 9.85. The molecule has 1 saturated carbocycles. The summed E-state index contributed by atoms with van der Waals surface area (Å²) < 4.78 is 30.1. The molecule has 0 atom stereocenters. The number of amides is 1. The fraction of sp³-hybridized carbons (Fsp3) is 0.320. The Labute approximate surface area is 199 Å². The van der Waals surface area contributed by atoms with Gasteiger partial charge in [0, 0.05) is 18.2 Å². The van der Waals surface area contributed by atoms with Crippen molar-refractivity contribution in [2.24, 2.45) is 5.73 Å². The third-order valence-electron chi connectivity index (χ3n) is 6.61. The Morgan fingerprint density at radius 2 is 2.00 bits per heavy atom. The van der Waals surface area contributed by atoms with Crippen molar-refractivity contribution in [2.45, 2.75) is 50.7 Å². The lowest BCUT2D eigenvalue weighted by molar-refractivity contribution is 0.0995. The van der Waals surface area contributed by atoms with E-state index in [1.54, 1.807) is 23.7 Å². The molecule has 1 fully saturated rings. The highest BCUT2D eigenvalue weighted by Crippen LogP contribution is 2.37. The zero-order valence-electron chi connectivity index (χ0n) is 19.1. The monoisotopic (exact) mass is 478 g/mol. The predicted molar refractivity (Wildman–Crippen MR) is 126 cm³/mol. The molecule has 8 nitrogen and oxygen atoms in total. The SMILES string of the molecule is CC1(F)CCC(n2ncc3c(=O)[nH]c(Cc4ccc(F)cc4-c4ccc(C(N)=O)nc4)nc32)CC1. The average molecular weight is 479 g/mol. The minimum Gasteiger partial charge on any atom is -0.364 e. The molecule has 3 N–H and O–H groups in total. The van der Waals surface area contributed by atoms with Crippen LogP contribution < -0.4 is 11.3 Å². The van der Waals surface area contributed by atoms with Gasteiger partial charge in [-0.25, -0.2) is 18.4 Å². The van der Waals surface area contributed by atoms with Gasteiger partial charge in [-0.15, -0.1) is 0 Å². The first-order valence-corrected chi connectivity index (χ1v) is 11.4. The molecule has 1 aromatic carbocycles. The van der Waals surface area contributed by atoms with Gasteiger partial charge in [-0.05, 0) is 61.9 Å². The molecule has 10 heteroatoms. The Morgan fingerprint density at radius 3 is 2.69 bits per heavy atom. The largest absolute Gasteiger partial charge is 0.364 e. The number of carbonyl (C=O) groups excluding carboxylic acids is 1. The Hall–Kier alpha value is -3.95. The Balaban J connectivity index is 1.50. The van der Waals surface area contributed by atoms with E-state index in [0.29, 0.717) is 59.2 Å². The van der Waals surface area contributed by atoms with Crippen LogP contribution in [-0.4, -0.2) is 36.3 Å². The number of rotatable bonds is 5. The second-order valence-corrected chi connectivity index (χ2v) is 9.26. The normalized spacial score (nSPS) is 20.3. The van der Waals surface area contributed by atoms with Crippen LogP contribution in [0.5, 0.6) is 0 Å². The molecule has 3 heterocycles. The van der Waals surface area contributed by atoms with E-state index in [1.807, 2.05) is 0 Å². The van der Waals surface area contributed by atoms with Crippen LogP contribution in [0, 0.1) is 5.82 Å². The quantitative estimate of drug-likeness (QED) is 0.452. The molecule has 0 radical (unpaired) electrons. The number of pyridine rings is 1. The maximum absolute atomic E-state index is 14.3. The molecule has 1 aliphatic rings. The van der Waals surface area contributed by atoms with Crippen LogP contribution >= 0.6 is 0 Å². The summed E-state index contributed by atoms with van der Waals surface area (Å²) in [6, 6.07) is 7.41. The van der Waals surface area contributed by atoms with E-state index in [0.717, 1.165) is 0 Å². The number of aromatic nitrogens is 5. The summed E-state index contributed by atoms with van der Waals surface area (Å²) in [6.45, 7) is 1.61. The molecular formula is C25H24F2N6O2. The summed E-state index contributed by atoms with van der Waals surface area (Å²) in [5, 5.41) is 4.76. The summed E-state index contributed by atoms with van der Waals surface area (Å²) in [6.07, 6.45) is 5.25. The number of halogens is 2. The van der Waals surface area contributed by atoms with Gasteiger partial charge < -0.3 is 10.7 Å². The van der Waals surface area contributed by atoms with E-state index in [2.05, 4.69) is 20.1 Å². The van der Waals surface area contributed by atoms with Gasteiger partial charge in [0.05, 0.1) is 12.2 Å². The van der Waals surface area contributed by atoms with Crippen LogP contribution in [0.3, 0.4) is 0 Å². The topological polar surface area (TPSA) is 120 Å². The number of nitrogens with zero attached hydrogens (tertiary/aromatic N) is 4. The van der Waals surface area contributed by atoms with E-state index in [-0.39, 0.29) is 23.7 Å². The summed E-state index contributed by atoms with van der Waals surface area (Å²) >= 11 is 0. The lowest BCUT2D eigenvalue weighted by Crippen LogP contribution is -2.28. The molecule has 35 heavy (non-hydrogen) atoms. The molecule has 0 saturated heterocycles. The number of hydrogen-bond donors (Lipinski definition) is 2. The smallest absolute Gasteiger partial charge is 0.267 e. The van der Waals surface area contributed by atoms with Gasteiger partial charge in [0.15, 0.2) is 5.65 Å². The van der Waals surface area contributed by atoms with Crippen LogP contribution in [0.1, 0.15) is 60.5 Å². The number of aromatic amines is 1. The van der Waals surface area contributed by atoms with E-state index in [9.17, 15) is 18.4 Å². The van der Waals surface area contributed by atoms with Gasteiger partial charge in [0.1, 0.15) is 28.4 Å². The Kier molecular flexibility index (Phi) is 5.66. The minimum absolute atomic E-state index is 0.0327. The molecule has 3 aromatic heterocycles. The van der Waals surface area contributed by atoms with Crippen molar-refractivity contribution in [1.82, 2.24) is 24.7 Å². The van der Waals surface area contributed by atoms with Gasteiger partial charge in [-0.2, -0.15) is 5.10 Å². The summed E-state index contributed by atoms with van der Waals surface area (Å²) in [7, 11) is 0. The van der Waals surface area contributed by atoms with Gasteiger partial charge in [0.25, 0.3) is 11.5 Å². The number of alkyl halides is 1. The van der Waals surface area contributed by atoms with Crippen molar-refractivity contribution in [3.8, 4) is 11.1 Å². The first-order chi connectivity index (χ1) is 16.7. The van der Waals surface area contributed by atoms with Crippen molar-refractivity contribution >= 4 is 16.9 Å². The van der Waals surface area contributed by atoms with Crippen LogP contribution in [-0.2, 0) is 6.42 Å². The molecule has 5 rings (SSSR count). The maximum atomic E-state index is 14.3. The fourth-order valence-electron chi connectivity index (χ4n) is 4.63. The highest BCUT2D eigenvalue weighted by atomic mass is 19.1. The number of primary amides is 1. The number of fused-ring (bicyclic) bond motifs is 1. The van der Waals surface area contributed by atoms with Crippen LogP contribution in [0.25, 0.3) is 22.2 Å². The number of nitrogens with two attached hydrogens (primary N) is 1. The summed E-state index contributed by atoms with van der Waals surface area (Å²) in [4.78, 5) is 35.6. The Morgan fingerprint density at radius 1 is 1.23 bits per heavy atom. The first-order valence-electron chi connectivity index (χ1n) is 11.4. The first kappa shape index (κ1) is 22.8. The van der Waals surface area contributed by atoms with Gasteiger partial charge >= 0.3 is 0 Å². The van der Waals surface area contributed by atoms with Crippen LogP contribution in [0.15, 0.2) is 47.5 Å². The summed E-state index contributed by atoms with van der Waals surface area (Å²) in [5.74, 6) is -0.698. The van der Waals surface area contributed by atoms with E-state index >= 15 is 0 Å². The van der Waals surface area contributed by atoms with E-state index in [4.69, 9.17) is 5.73 Å². The second-order valence-electron chi connectivity index (χ2n) is 9.26. The van der Waals surface area contributed by atoms with Crippen molar-refractivity contribution in [1.29, 1.82) is 0 Å². The third-order valence-corrected chi connectivity index (χ3v) is 6.61. The molecule has 1 aliphatic carbocycles. The number of carbonyl (C=O) groups is 1. The van der Waals surface area contributed by atoms with Gasteiger partial charge in [-0.3, -0.25) is 14.6 Å². The third kappa shape index (κ3) is 4.55. The fourth-order valence-corrected chi connectivity index (χ4v) is 4.63. The molecule has 0 spiro atoms. The predicted octanol–water partition coefficient (Wildman–Crippen LogP) is 3.85. The molecule has 180 valence electrons. The number of H-pyrrole nitrogens is 1. The molecule has 0 bridgehead atoms. The maximum Gasteiger partial charge on any atom is 0.267 e. The number of hydrogen-bond acceptors (Lipinski definition) is 5. The molecule has 0 unspecified atom stereocenters. The van der Waals surface area contributed by atoms with Crippen molar-refractivity contribution < 1.29 is 13.6 Å². The van der Waals surface area contributed by atoms with Crippen molar-refractivity contribution in [2.75, 3.05) is 0 Å². The average Bonchev–Trinajstić information content (AvgIpc) is 3.25. The van der Waals surface area contributed by atoms with Gasteiger partial charge in [0.2, 0.25) is 0 Å². The molecule has 4 aromatic rings. The Bertz CT molecular complexity index is 1470. The van der Waals surface area contributed by atoms with Crippen LogP contribution in [0.4, 0.5) is 8.78 Å². The number of nitrogens with one attached hydrogen (secondary N) is 1. The summed E-state index contributed by atoms with van der Waals surface area (Å²) in [5.41, 5.74) is 6.17. The van der Waals surface area contributed by atoms with Crippen molar-refractivity contribution in [3.63, 3.8) is 0 Å². The standard InChI is InChI=1S/C25H24F2N6O2/c1-25(27)8-6-17(7-9-25)33-23-19(13-30-33)24(35)32-21(31-23)10-14-2-4-16(26)11-18(14)15-3-5-20(22(28)34)29-12-15/h2-5,11-13,17H,6-10H2,1H3,(H2,28,34)(H,31,32,35). The number of benzene rings is 1. The van der Waals surface area contributed by atoms with Crippen LogP contribution in [0.2, 0.25) is 0 Å². The zero-order valence-corrected chi connectivity index (χ0v) is 19.1. The van der Waals surface area contributed by atoms with Crippen molar-refractivity contribution in [3.05, 3.63) is 76.0 Å².